The zero-order chi connectivity index (χ0) is 13.1. The number of likely N-dealkylation sites (tertiary alicyclic amines) is 1. The van der Waals surface area contributed by atoms with E-state index in [-0.39, 0.29) is 18.2 Å². The summed E-state index contributed by atoms with van der Waals surface area (Å²) in [5.41, 5.74) is -0.435. The summed E-state index contributed by atoms with van der Waals surface area (Å²) in [4.78, 5) is 13.8. The van der Waals surface area contributed by atoms with Gasteiger partial charge in [0.25, 0.3) is 0 Å². The molecule has 1 rings (SSSR count). The average molecular weight is 243 g/mol. The highest BCUT2D eigenvalue weighted by molar-refractivity contribution is 5.68. The van der Waals surface area contributed by atoms with Crippen LogP contribution >= 0.6 is 0 Å². The summed E-state index contributed by atoms with van der Waals surface area (Å²) in [6.07, 6.45) is 1.92. The van der Waals surface area contributed by atoms with Gasteiger partial charge in [0, 0.05) is 13.2 Å². The standard InChI is InChI=1S/C13H25NO3/c1-6-16-11-8-7-9-14(10(11)2)12(15)17-13(3,4)5/h10-11H,6-9H2,1-5H3/t10-,11?/m1/s1. The Balaban J connectivity index is 2.60. The first kappa shape index (κ1) is 14.3. The fraction of sp³-hybridized carbons (Fsp3) is 0.923. The van der Waals surface area contributed by atoms with Crippen molar-refractivity contribution < 1.29 is 14.3 Å². The molecule has 0 bridgehead atoms. The van der Waals surface area contributed by atoms with Gasteiger partial charge < -0.3 is 14.4 Å². The van der Waals surface area contributed by atoms with Gasteiger partial charge in [0.1, 0.15) is 5.60 Å². The molecule has 1 unspecified atom stereocenters. The maximum absolute atomic E-state index is 12.0. The summed E-state index contributed by atoms with van der Waals surface area (Å²) in [5.74, 6) is 0. The summed E-state index contributed by atoms with van der Waals surface area (Å²) in [7, 11) is 0. The average Bonchev–Trinajstić information content (AvgIpc) is 2.18. The zero-order valence-electron chi connectivity index (χ0n) is 11.7. The Morgan fingerprint density at radius 1 is 1.41 bits per heavy atom. The molecule has 17 heavy (non-hydrogen) atoms. The third-order valence-corrected chi connectivity index (χ3v) is 2.93. The lowest BCUT2D eigenvalue weighted by molar-refractivity contribution is -0.0442. The van der Waals surface area contributed by atoms with Gasteiger partial charge in [-0.15, -0.1) is 0 Å². The predicted molar refractivity (Wildman–Crippen MR) is 67.1 cm³/mol. The van der Waals surface area contributed by atoms with Crippen LogP contribution in [0.2, 0.25) is 0 Å². The van der Waals surface area contributed by atoms with Crippen molar-refractivity contribution in [2.45, 2.75) is 65.2 Å². The Hall–Kier alpha value is -0.770. The number of hydrogen-bond acceptors (Lipinski definition) is 3. The lowest BCUT2D eigenvalue weighted by atomic mass is 10.0. The normalized spacial score (nSPS) is 25.8. The zero-order valence-corrected chi connectivity index (χ0v) is 11.7. The third kappa shape index (κ3) is 4.19. The van der Waals surface area contributed by atoms with E-state index in [0.29, 0.717) is 6.61 Å². The van der Waals surface area contributed by atoms with Crippen LogP contribution in [0.4, 0.5) is 4.79 Å². The second-order valence-electron chi connectivity index (χ2n) is 5.55. The van der Waals surface area contributed by atoms with E-state index in [2.05, 4.69) is 0 Å². The summed E-state index contributed by atoms with van der Waals surface area (Å²) in [5, 5.41) is 0. The Kier molecular flexibility index (Phi) is 4.80. The van der Waals surface area contributed by atoms with E-state index in [1.165, 1.54) is 0 Å². The van der Waals surface area contributed by atoms with Gasteiger partial charge in [-0.1, -0.05) is 0 Å². The van der Waals surface area contributed by atoms with Crippen LogP contribution in [0.5, 0.6) is 0 Å². The number of ether oxygens (including phenoxy) is 2. The molecular formula is C13H25NO3. The number of amides is 1. The molecule has 1 amide bonds. The van der Waals surface area contributed by atoms with Crippen LogP contribution in [-0.2, 0) is 9.47 Å². The molecule has 100 valence electrons. The molecule has 0 aromatic rings. The highest BCUT2D eigenvalue weighted by Crippen LogP contribution is 2.22. The molecule has 0 N–H and O–H groups in total. The van der Waals surface area contributed by atoms with E-state index < -0.39 is 5.60 Å². The number of piperidine rings is 1. The number of rotatable bonds is 2. The highest BCUT2D eigenvalue weighted by Gasteiger charge is 2.33. The molecule has 0 aromatic carbocycles. The number of hydrogen-bond donors (Lipinski definition) is 0. The van der Waals surface area contributed by atoms with Crippen LogP contribution in [0.25, 0.3) is 0 Å². The van der Waals surface area contributed by atoms with Gasteiger partial charge in [-0.25, -0.2) is 4.79 Å². The molecule has 1 heterocycles. The van der Waals surface area contributed by atoms with Crippen LogP contribution in [0, 0.1) is 0 Å². The molecule has 1 aliphatic heterocycles. The number of carbonyl (C=O) groups is 1. The molecule has 4 nitrogen and oxygen atoms in total. The number of carbonyl (C=O) groups excluding carboxylic acids is 1. The first-order valence-electron chi connectivity index (χ1n) is 6.46. The molecule has 2 atom stereocenters. The smallest absolute Gasteiger partial charge is 0.410 e. The van der Waals surface area contributed by atoms with Crippen LogP contribution in [0.3, 0.4) is 0 Å². The van der Waals surface area contributed by atoms with Crippen molar-refractivity contribution in [3.63, 3.8) is 0 Å². The molecule has 0 spiro atoms. The fourth-order valence-corrected chi connectivity index (χ4v) is 2.12. The van der Waals surface area contributed by atoms with E-state index in [1.807, 2.05) is 34.6 Å². The lowest BCUT2D eigenvalue weighted by Crippen LogP contribution is -2.51. The molecular weight excluding hydrogens is 218 g/mol. The van der Waals surface area contributed by atoms with E-state index >= 15 is 0 Å². The van der Waals surface area contributed by atoms with E-state index in [9.17, 15) is 4.79 Å². The van der Waals surface area contributed by atoms with Gasteiger partial charge in [-0.2, -0.15) is 0 Å². The number of nitrogens with zero attached hydrogens (tertiary/aromatic N) is 1. The highest BCUT2D eigenvalue weighted by atomic mass is 16.6. The summed E-state index contributed by atoms with van der Waals surface area (Å²) < 4.78 is 11.1. The van der Waals surface area contributed by atoms with Gasteiger partial charge in [0.15, 0.2) is 0 Å². The van der Waals surface area contributed by atoms with Gasteiger partial charge in [0.05, 0.1) is 12.1 Å². The van der Waals surface area contributed by atoms with Crippen molar-refractivity contribution in [3.05, 3.63) is 0 Å². The van der Waals surface area contributed by atoms with E-state index in [0.717, 1.165) is 19.4 Å². The van der Waals surface area contributed by atoms with Gasteiger partial charge in [-0.3, -0.25) is 0 Å². The van der Waals surface area contributed by atoms with Crippen molar-refractivity contribution >= 4 is 6.09 Å². The third-order valence-electron chi connectivity index (χ3n) is 2.93. The van der Waals surface area contributed by atoms with Gasteiger partial charge in [-0.05, 0) is 47.5 Å². The molecule has 1 saturated heterocycles. The molecule has 0 saturated carbocycles. The van der Waals surface area contributed by atoms with Crippen LogP contribution in [0.1, 0.15) is 47.5 Å². The SMILES string of the molecule is CCOC1CCCN(C(=O)OC(C)(C)C)[C@@H]1C. The molecule has 0 aromatic heterocycles. The summed E-state index contributed by atoms with van der Waals surface area (Å²) in [6.45, 7) is 11.1. The van der Waals surface area contributed by atoms with E-state index in [4.69, 9.17) is 9.47 Å². The Bertz CT molecular complexity index is 258. The molecule has 1 fully saturated rings. The van der Waals surface area contributed by atoms with Crippen LogP contribution < -0.4 is 0 Å². The molecule has 4 heteroatoms. The van der Waals surface area contributed by atoms with Crippen molar-refractivity contribution in [1.29, 1.82) is 0 Å². The predicted octanol–water partition coefficient (Wildman–Crippen LogP) is 2.81. The Morgan fingerprint density at radius 2 is 2.06 bits per heavy atom. The van der Waals surface area contributed by atoms with Crippen LogP contribution in [0.15, 0.2) is 0 Å². The summed E-state index contributed by atoms with van der Waals surface area (Å²) >= 11 is 0. The fourth-order valence-electron chi connectivity index (χ4n) is 2.12. The maximum Gasteiger partial charge on any atom is 0.410 e. The quantitative estimate of drug-likeness (QED) is 0.748. The first-order valence-corrected chi connectivity index (χ1v) is 6.46. The van der Waals surface area contributed by atoms with Crippen molar-refractivity contribution in [3.8, 4) is 0 Å². The minimum absolute atomic E-state index is 0.0959. The molecule has 0 aliphatic carbocycles. The van der Waals surface area contributed by atoms with Gasteiger partial charge in [0.2, 0.25) is 0 Å². The second-order valence-corrected chi connectivity index (χ2v) is 5.55. The maximum atomic E-state index is 12.0. The molecule has 1 aliphatic rings. The van der Waals surface area contributed by atoms with Gasteiger partial charge >= 0.3 is 6.09 Å². The molecule has 0 radical (unpaired) electrons. The monoisotopic (exact) mass is 243 g/mol. The van der Waals surface area contributed by atoms with E-state index in [1.54, 1.807) is 4.90 Å². The largest absolute Gasteiger partial charge is 0.444 e. The van der Waals surface area contributed by atoms with Crippen LogP contribution in [-0.4, -0.2) is 41.9 Å². The topological polar surface area (TPSA) is 38.8 Å². The minimum Gasteiger partial charge on any atom is -0.444 e. The van der Waals surface area contributed by atoms with Crippen molar-refractivity contribution in [2.24, 2.45) is 0 Å². The second kappa shape index (κ2) is 5.71. The lowest BCUT2D eigenvalue weighted by Gasteiger charge is -2.39. The first-order chi connectivity index (χ1) is 7.85. The van der Waals surface area contributed by atoms with Crippen molar-refractivity contribution in [1.82, 2.24) is 4.90 Å². The Morgan fingerprint density at radius 3 is 2.59 bits per heavy atom. The minimum atomic E-state index is -0.435. The Labute approximate surface area is 104 Å². The van der Waals surface area contributed by atoms with Crippen molar-refractivity contribution in [2.75, 3.05) is 13.2 Å². The summed E-state index contributed by atoms with van der Waals surface area (Å²) in [6, 6.07) is 0.0959.